The minimum absolute atomic E-state index is 0.0714. The molecule has 0 aromatic heterocycles. The zero-order chi connectivity index (χ0) is 32.0. The summed E-state index contributed by atoms with van der Waals surface area (Å²) in [6.07, 6.45) is -1.10. The van der Waals surface area contributed by atoms with Gasteiger partial charge in [0.15, 0.2) is 0 Å². The van der Waals surface area contributed by atoms with Crippen LogP contribution in [0.2, 0.25) is 0 Å². The molecular formula is C36H38N2O7. The minimum atomic E-state index is -1.24. The van der Waals surface area contributed by atoms with Crippen molar-refractivity contribution in [3.63, 3.8) is 0 Å². The largest absolute Gasteiger partial charge is 0.481 e. The Kier molecular flexibility index (Phi) is 12.4. The molecule has 0 aliphatic carbocycles. The number of benzene rings is 4. The summed E-state index contributed by atoms with van der Waals surface area (Å²) in [4.78, 5) is 37.7. The number of ether oxygens (including phenoxy) is 1. The first kappa shape index (κ1) is 33.1. The van der Waals surface area contributed by atoms with Crippen molar-refractivity contribution in [1.29, 1.82) is 0 Å². The van der Waals surface area contributed by atoms with Crippen LogP contribution < -0.4 is 10.6 Å². The van der Waals surface area contributed by atoms with Gasteiger partial charge in [-0.3, -0.25) is 19.7 Å². The van der Waals surface area contributed by atoms with E-state index < -0.39 is 49.2 Å². The van der Waals surface area contributed by atoms with Crippen LogP contribution in [0.4, 0.5) is 0 Å². The Labute approximate surface area is 262 Å². The van der Waals surface area contributed by atoms with Gasteiger partial charge in [-0.15, -0.1) is 0 Å². The van der Waals surface area contributed by atoms with Crippen LogP contribution in [0.1, 0.15) is 17.5 Å². The van der Waals surface area contributed by atoms with Gasteiger partial charge in [0.25, 0.3) is 0 Å². The highest BCUT2D eigenvalue weighted by Gasteiger charge is 2.28. The van der Waals surface area contributed by atoms with Gasteiger partial charge in [0.1, 0.15) is 18.8 Å². The molecule has 234 valence electrons. The summed E-state index contributed by atoms with van der Waals surface area (Å²) in [7, 11) is 0. The molecule has 1 amide bonds. The second-order valence-electron chi connectivity index (χ2n) is 10.7. The van der Waals surface area contributed by atoms with Gasteiger partial charge in [-0.25, -0.2) is 0 Å². The van der Waals surface area contributed by atoms with Crippen molar-refractivity contribution in [3.05, 3.63) is 120 Å². The smallest absolute Gasteiger partial charge is 0.323 e. The van der Waals surface area contributed by atoms with Crippen LogP contribution >= 0.6 is 0 Å². The maximum atomic E-state index is 13.4. The van der Waals surface area contributed by atoms with Crippen molar-refractivity contribution < 1.29 is 34.4 Å². The van der Waals surface area contributed by atoms with Crippen LogP contribution in [-0.4, -0.2) is 71.1 Å². The molecule has 4 aromatic rings. The molecule has 9 heteroatoms. The standard InChI is InChI=1S/C36H38N2O7/c39-23-31(40)24-45-36(44)33(22-26-13-17-30(18-14-26)28-9-5-2-6-10-28)38-32(35(43)37-20-19-34(41)42)21-25-11-15-29(16-12-25)27-7-3-1-4-8-27/h1-18,31-33,38-40H,19-24H2,(H,37,43)(H,41,42)/t31?,32-,33?/m0/s1. The number of carboxylic acid groups (broad SMARTS) is 1. The molecule has 0 bridgehead atoms. The van der Waals surface area contributed by atoms with Crippen molar-refractivity contribution in [3.8, 4) is 22.3 Å². The van der Waals surface area contributed by atoms with Gasteiger partial charge in [0.2, 0.25) is 5.91 Å². The normalized spacial score (nSPS) is 12.9. The molecular weight excluding hydrogens is 572 g/mol. The Balaban J connectivity index is 1.56. The summed E-state index contributed by atoms with van der Waals surface area (Å²) in [5.74, 6) is -2.20. The first-order chi connectivity index (χ1) is 21.8. The van der Waals surface area contributed by atoms with Crippen molar-refractivity contribution in [1.82, 2.24) is 10.6 Å². The van der Waals surface area contributed by atoms with E-state index in [9.17, 15) is 24.6 Å². The number of carbonyl (C=O) groups excluding carboxylic acids is 2. The fraction of sp³-hybridized carbons (Fsp3) is 0.250. The van der Waals surface area contributed by atoms with E-state index in [4.69, 9.17) is 9.84 Å². The maximum absolute atomic E-state index is 13.4. The lowest BCUT2D eigenvalue weighted by Crippen LogP contribution is -2.53. The fourth-order valence-corrected chi connectivity index (χ4v) is 4.83. The fourth-order valence-electron chi connectivity index (χ4n) is 4.83. The molecule has 0 saturated carbocycles. The van der Waals surface area contributed by atoms with Gasteiger partial charge in [0.05, 0.1) is 19.1 Å². The first-order valence-corrected chi connectivity index (χ1v) is 14.8. The van der Waals surface area contributed by atoms with Crippen LogP contribution in [0.5, 0.6) is 0 Å². The summed E-state index contributed by atoms with van der Waals surface area (Å²) in [6.45, 7) is -1.05. The molecule has 0 spiro atoms. The van der Waals surface area contributed by atoms with Crippen LogP contribution in [0.25, 0.3) is 22.3 Å². The van der Waals surface area contributed by atoms with Crippen LogP contribution in [0, 0.1) is 0 Å². The van der Waals surface area contributed by atoms with E-state index in [1.807, 2.05) is 109 Å². The molecule has 0 heterocycles. The highest BCUT2D eigenvalue weighted by atomic mass is 16.5. The third-order valence-electron chi connectivity index (χ3n) is 7.27. The van der Waals surface area contributed by atoms with Crippen LogP contribution in [-0.2, 0) is 32.0 Å². The van der Waals surface area contributed by atoms with Crippen molar-refractivity contribution in [2.45, 2.75) is 37.5 Å². The lowest BCUT2D eigenvalue weighted by molar-refractivity contribution is -0.150. The first-order valence-electron chi connectivity index (χ1n) is 14.8. The number of amides is 1. The van der Waals surface area contributed by atoms with Crippen LogP contribution in [0.3, 0.4) is 0 Å². The van der Waals surface area contributed by atoms with Gasteiger partial charge < -0.3 is 25.4 Å². The number of hydrogen-bond donors (Lipinski definition) is 5. The molecule has 4 aromatic carbocycles. The summed E-state index contributed by atoms with van der Waals surface area (Å²) >= 11 is 0. The van der Waals surface area contributed by atoms with Crippen molar-refractivity contribution >= 4 is 17.8 Å². The van der Waals surface area contributed by atoms with Gasteiger partial charge in [-0.2, -0.15) is 0 Å². The Hall–Kier alpha value is -4.83. The van der Waals surface area contributed by atoms with E-state index in [2.05, 4.69) is 10.6 Å². The third kappa shape index (κ3) is 10.4. The summed E-state index contributed by atoms with van der Waals surface area (Å²) in [5, 5.41) is 33.8. The van der Waals surface area contributed by atoms with E-state index in [1.165, 1.54) is 0 Å². The van der Waals surface area contributed by atoms with E-state index >= 15 is 0 Å². The van der Waals surface area contributed by atoms with Gasteiger partial charge in [-0.05, 0) is 46.2 Å². The predicted molar refractivity (Wildman–Crippen MR) is 171 cm³/mol. The Morgan fingerprint density at radius 1 is 0.667 bits per heavy atom. The zero-order valence-corrected chi connectivity index (χ0v) is 24.8. The average molecular weight is 611 g/mol. The van der Waals surface area contributed by atoms with Crippen LogP contribution in [0.15, 0.2) is 109 Å². The minimum Gasteiger partial charge on any atom is -0.481 e. The second kappa shape index (κ2) is 16.9. The molecule has 0 saturated heterocycles. The lowest BCUT2D eigenvalue weighted by atomic mass is 9.98. The number of carbonyl (C=O) groups is 3. The molecule has 0 aliphatic rings. The van der Waals surface area contributed by atoms with Gasteiger partial charge in [0, 0.05) is 6.54 Å². The number of aliphatic hydroxyl groups is 2. The molecule has 45 heavy (non-hydrogen) atoms. The van der Waals surface area contributed by atoms with Crippen molar-refractivity contribution in [2.75, 3.05) is 19.8 Å². The summed E-state index contributed by atoms with van der Waals surface area (Å²) < 4.78 is 5.31. The molecule has 9 nitrogen and oxygen atoms in total. The van der Waals surface area contributed by atoms with E-state index in [0.717, 1.165) is 33.4 Å². The molecule has 0 aliphatic heterocycles. The lowest BCUT2D eigenvalue weighted by Gasteiger charge is -2.25. The van der Waals surface area contributed by atoms with E-state index in [-0.39, 0.29) is 25.8 Å². The summed E-state index contributed by atoms with van der Waals surface area (Å²) in [5.41, 5.74) is 5.76. The Morgan fingerprint density at radius 3 is 1.60 bits per heavy atom. The van der Waals surface area contributed by atoms with Crippen molar-refractivity contribution in [2.24, 2.45) is 0 Å². The summed E-state index contributed by atoms with van der Waals surface area (Å²) in [6, 6.07) is 33.3. The second-order valence-corrected chi connectivity index (χ2v) is 10.7. The highest BCUT2D eigenvalue weighted by molar-refractivity contribution is 5.84. The third-order valence-corrected chi connectivity index (χ3v) is 7.27. The topological polar surface area (TPSA) is 145 Å². The van der Waals surface area contributed by atoms with Gasteiger partial charge >= 0.3 is 11.9 Å². The SMILES string of the molecule is O=C(O)CCNC(=O)[C@H](Cc1ccc(-c2ccccc2)cc1)NC(Cc1ccc(-c2ccccc2)cc1)C(=O)OCC(O)CO. The number of aliphatic carboxylic acids is 1. The van der Waals surface area contributed by atoms with E-state index in [1.54, 1.807) is 0 Å². The quantitative estimate of drug-likeness (QED) is 0.121. The molecule has 5 N–H and O–H groups in total. The number of hydrogen-bond acceptors (Lipinski definition) is 7. The van der Waals surface area contributed by atoms with Gasteiger partial charge in [-0.1, -0.05) is 109 Å². The average Bonchev–Trinajstić information content (AvgIpc) is 3.07. The number of carboxylic acids is 1. The number of esters is 1. The monoisotopic (exact) mass is 610 g/mol. The number of rotatable bonds is 16. The Morgan fingerprint density at radius 2 is 1.13 bits per heavy atom. The van der Waals surface area contributed by atoms with E-state index in [0.29, 0.717) is 0 Å². The molecule has 3 atom stereocenters. The predicted octanol–water partition coefficient (Wildman–Crippen LogP) is 3.62. The molecule has 2 unspecified atom stereocenters. The molecule has 0 radical (unpaired) electrons. The Bertz CT molecular complexity index is 1510. The maximum Gasteiger partial charge on any atom is 0.323 e. The number of nitrogens with one attached hydrogen (secondary N) is 2. The number of aliphatic hydroxyl groups excluding tert-OH is 2. The zero-order valence-electron chi connectivity index (χ0n) is 24.8. The highest BCUT2D eigenvalue weighted by Crippen LogP contribution is 2.21. The molecule has 4 rings (SSSR count). The molecule has 0 fully saturated rings.